The summed E-state index contributed by atoms with van der Waals surface area (Å²) < 4.78 is 13.5. The van der Waals surface area contributed by atoms with Gasteiger partial charge in [-0.1, -0.05) is 36.1 Å². The Balaban J connectivity index is 1.67. The number of nitrogens with zero attached hydrogens (tertiary/aromatic N) is 2. The van der Waals surface area contributed by atoms with Crippen molar-refractivity contribution in [1.29, 1.82) is 0 Å². The number of thiocarbonyl (C=S) groups is 1. The first kappa shape index (κ1) is 20.4. The smallest absolute Gasteiger partial charge is 0.267 e. The lowest BCUT2D eigenvalue weighted by Gasteiger charge is -2.20. The minimum atomic E-state index is -0.300. The second kappa shape index (κ2) is 9.21. The molecule has 0 spiro atoms. The quantitative estimate of drug-likeness (QED) is 0.512. The van der Waals surface area contributed by atoms with Crippen LogP contribution < -0.4 is 10.2 Å². The summed E-state index contributed by atoms with van der Waals surface area (Å²) in [6, 6.07) is 14.1. The van der Waals surface area contributed by atoms with Crippen LogP contribution in [0.5, 0.6) is 0 Å². The molecule has 1 heterocycles. The average molecular weight is 416 g/mol. The number of thioether (sulfide) groups is 1. The molecule has 28 heavy (non-hydrogen) atoms. The molecule has 0 radical (unpaired) electrons. The highest BCUT2D eigenvalue weighted by Gasteiger charge is 2.31. The lowest BCUT2D eigenvalue weighted by Crippen LogP contribution is -2.33. The highest BCUT2D eigenvalue weighted by atomic mass is 32.2. The highest BCUT2D eigenvalue weighted by Crippen LogP contribution is 2.32. The number of hydrogen-bond donors (Lipinski definition) is 1. The maximum absolute atomic E-state index is 13.0. The molecule has 2 aromatic carbocycles. The molecular weight excluding hydrogens is 393 g/mol. The lowest BCUT2D eigenvalue weighted by atomic mass is 10.1. The van der Waals surface area contributed by atoms with E-state index >= 15 is 0 Å². The molecule has 0 atom stereocenters. The number of anilines is 2. The van der Waals surface area contributed by atoms with Crippen molar-refractivity contribution in [1.82, 2.24) is 4.90 Å². The van der Waals surface area contributed by atoms with Crippen LogP contribution in [0.3, 0.4) is 0 Å². The summed E-state index contributed by atoms with van der Waals surface area (Å²) in [4.78, 5) is 17.1. The van der Waals surface area contributed by atoms with Gasteiger partial charge in [-0.3, -0.25) is 9.69 Å². The molecule has 0 aliphatic carbocycles. The van der Waals surface area contributed by atoms with Gasteiger partial charge in [-0.2, -0.15) is 0 Å². The van der Waals surface area contributed by atoms with Gasteiger partial charge in [-0.25, -0.2) is 4.39 Å². The Bertz CT molecular complexity index is 878. The van der Waals surface area contributed by atoms with E-state index in [1.54, 1.807) is 12.1 Å². The third-order valence-corrected chi connectivity index (χ3v) is 5.86. The van der Waals surface area contributed by atoms with Gasteiger partial charge < -0.3 is 10.2 Å². The van der Waals surface area contributed by atoms with Crippen LogP contribution in [0, 0.1) is 5.82 Å². The zero-order valence-corrected chi connectivity index (χ0v) is 17.4. The zero-order chi connectivity index (χ0) is 20.1. The third-order valence-electron chi connectivity index (χ3n) is 4.48. The monoisotopic (exact) mass is 415 g/mol. The number of carbonyl (C=O) groups is 1. The predicted octanol–water partition coefficient (Wildman–Crippen LogP) is 4.94. The number of benzene rings is 2. The van der Waals surface area contributed by atoms with Crippen LogP contribution in [-0.4, -0.2) is 34.9 Å². The number of hydrogen-bond acceptors (Lipinski definition) is 5. The summed E-state index contributed by atoms with van der Waals surface area (Å²) in [6.07, 6.45) is 1.86. The molecule has 3 rings (SSSR count). The second-order valence-electron chi connectivity index (χ2n) is 6.22. The SMILES string of the molecule is CCN(CC)c1ccc(/C=C2\SC(=S)N(CNc3ccc(F)cc3)C2=O)cc1. The van der Waals surface area contributed by atoms with Gasteiger partial charge in [0.15, 0.2) is 0 Å². The van der Waals surface area contributed by atoms with Crippen molar-refractivity contribution < 1.29 is 9.18 Å². The molecule has 1 N–H and O–H groups in total. The van der Waals surface area contributed by atoms with Crippen molar-refractivity contribution in [3.63, 3.8) is 0 Å². The third kappa shape index (κ3) is 4.72. The van der Waals surface area contributed by atoms with E-state index in [1.807, 2.05) is 18.2 Å². The zero-order valence-electron chi connectivity index (χ0n) is 15.8. The Labute approximate surface area is 174 Å². The topological polar surface area (TPSA) is 35.6 Å². The number of halogens is 1. The molecule has 2 aromatic rings. The van der Waals surface area contributed by atoms with Crippen LogP contribution in [0.15, 0.2) is 53.4 Å². The van der Waals surface area contributed by atoms with Gasteiger partial charge in [0.1, 0.15) is 10.1 Å². The fourth-order valence-corrected chi connectivity index (χ4v) is 4.15. The van der Waals surface area contributed by atoms with E-state index in [-0.39, 0.29) is 18.4 Å². The standard InChI is InChI=1S/C21H22FN3OS2/c1-3-24(4-2)18-11-5-15(6-12-18)13-19-20(26)25(21(27)28-19)14-23-17-9-7-16(22)8-10-17/h5-13,23H,3-4,14H2,1-2H3/b19-13-. The first-order chi connectivity index (χ1) is 13.5. The Morgan fingerprint density at radius 1 is 1.11 bits per heavy atom. The van der Waals surface area contributed by atoms with Gasteiger partial charge >= 0.3 is 0 Å². The first-order valence-electron chi connectivity index (χ1n) is 9.11. The minimum Gasteiger partial charge on any atom is -0.372 e. The number of amides is 1. The van der Waals surface area contributed by atoms with Crippen molar-refractivity contribution >= 4 is 51.7 Å². The lowest BCUT2D eigenvalue weighted by molar-refractivity contribution is -0.121. The Morgan fingerprint density at radius 3 is 2.36 bits per heavy atom. The largest absolute Gasteiger partial charge is 0.372 e. The fraction of sp³-hybridized carbons (Fsp3) is 0.238. The van der Waals surface area contributed by atoms with Gasteiger partial charge in [0, 0.05) is 24.5 Å². The molecule has 7 heteroatoms. The highest BCUT2D eigenvalue weighted by molar-refractivity contribution is 8.26. The molecule has 1 saturated heterocycles. The van der Waals surface area contributed by atoms with Crippen molar-refractivity contribution in [3.8, 4) is 0 Å². The number of rotatable bonds is 7. The minimum absolute atomic E-state index is 0.127. The maximum Gasteiger partial charge on any atom is 0.267 e. The van der Waals surface area contributed by atoms with Crippen molar-refractivity contribution in [2.75, 3.05) is 30.0 Å². The van der Waals surface area contributed by atoms with Crippen molar-refractivity contribution in [2.45, 2.75) is 13.8 Å². The van der Waals surface area contributed by atoms with E-state index in [0.717, 1.165) is 30.0 Å². The molecule has 0 bridgehead atoms. The predicted molar refractivity (Wildman–Crippen MR) is 120 cm³/mol. The summed E-state index contributed by atoms with van der Waals surface area (Å²) >= 11 is 6.65. The van der Waals surface area contributed by atoms with Crippen LogP contribution in [0.2, 0.25) is 0 Å². The van der Waals surface area contributed by atoms with Gasteiger partial charge in [-0.15, -0.1) is 0 Å². The first-order valence-corrected chi connectivity index (χ1v) is 10.3. The normalized spacial score (nSPS) is 15.4. The number of carbonyl (C=O) groups excluding carboxylic acids is 1. The molecule has 0 saturated carbocycles. The van der Waals surface area contributed by atoms with Crippen LogP contribution >= 0.6 is 24.0 Å². The summed E-state index contributed by atoms with van der Waals surface area (Å²) in [5.74, 6) is -0.427. The van der Waals surface area contributed by atoms with Crippen LogP contribution in [0.4, 0.5) is 15.8 Å². The Morgan fingerprint density at radius 2 is 1.75 bits per heavy atom. The van der Waals surface area contributed by atoms with Gasteiger partial charge in [0.05, 0.1) is 11.6 Å². The molecule has 1 fully saturated rings. The fourth-order valence-electron chi connectivity index (χ4n) is 2.90. The molecule has 4 nitrogen and oxygen atoms in total. The molecule has 1 amide bonds. The van der Waals surface area contributed by atoms with E-state index in [1.165, 1.54) is 28.8 Å². The van der Waals surface area contributed by atoms with Gasteiger partial charge in [0.2, 0.25) is 0 Å². The summed E-state index contributed by atoms with van der Waals surface area (Å²) in [5.41, 5.74) is 2.85. The summed E-state index contributed by atoms with van der Waals surface area (Å²) in [7, 11) is 0. The average Bonchev–Trinajstić information content (AvgIpc) is 2.96. The van der Waals surface area contributed by atoms with E-state index in [9.17, 15) is 9.18 Å². The van der Waals surface area contributed by atoms with Crippen molar-refractivity contribution in [3.05, 3.63) is 64.8 Å². The van der Waals surface area contributed by atoms with Crippen LogP contribution in [0.1, 0.15) is 19.4 Å². The Kier molecular flexibility index (Phi) is 6.70. The van der Waals surface area contributed by atoms with E-state index in [0.29, 0.717) is 9.23 Å². The van der Waals surface area contributed by atoms with Crippen LogP contribution in [-0.2, 0) is 4.79 Å². The second-order valence-corrected chi connectivity index (χ2v) is 7.89. The van der Waals surface area contributed by atoms with Gasteiger partial charge in [-0.05, 0) is 61.9 Å². The van der Waals surface area contributed by atoms with Crippen LogP contribution in [0.25, 0.3) is 6.08 Å². The molecule has 1 aliphatic heterocycles. The summed E-state index contributed by atoms with van der Waals surface area (Å²) in [5, 5.41) is 3.10. The summed E-state index contributed by atoms with van der Waals surface area (Å²) in [6.45, 7) is 6.41. The van der Waals surface area contributed by atoms with Gasteiger partial charge in [0.25, 0.3) is 5.91 Å². The molecule has 0 unspecified atom stereocenters. The van der Waals surface area contributed by atoms with E-state index in [2.05, 4.69) is 36.2 Å². The molecule has 1 aliphatic rings. The molecular formula is C21H22FN3OS2. The van der Waals surface area contributed by atoms with Crippen molar-refractivity contribution in [2.24, 2.45) is 0 Å². The maximum atomic E-state index is 13.0. The molecule has 146 valence electrons. The molecule has 0 aromatic heterocycles. The number of nitrogens with one attached hydrogen (secondary N) is 1. The van der Waals surface area contributed by atoms with E-state index < -0.39 is 0 Å². The van der Waals surface area contributed by atoms with E-state index in [4.69, 9.17) is 12.2 Å². The Hall–Kier alpha value is -2.38.